The summed E-state index contributed by atoms with van der Waals surface area (Å²) in [5.74, 6) is 3.07. The summed E-state index contributed by atoms with van der Waals surface area (Å²) in [4.78, 5) is 11.6. The van der Waals surface area contributed by atoms with Crippen LogP contribution in [-0.4, -0.2) is 90.8 Å². The van der Waals surface area contributed by atoms with Gasteiger partial charge in [0.05, 0.1) is 102 Å². The van der Waals surface area contributed by atoms with Gasteiger partial charge in [0.1, 0.15) is 81.3 Å². The van der Waals surface area contributed by atoms with Crippen LogP contribution in [0.2, 0.25) is 0 Å². The number of amidine groups is 2. The Kier molecular flexibility index (Phi) is 33.8. The van der Waals surface area contributed by atoms with Crippen molar-refractivity contribution in [3.63, 3.8) is 0 Å². The predicted molar refractivity (Wildman–Crippen MR) is 352 cm³/mol. The fraction of sp³-hybridized carbons (Fsp3) is 0.343. The summed E-state index contributed by atoms with van der Waals surface area (Å²) < 4.78 is 53.8. The zero-order chi connectivity index (χ0) is 66.0. The van der Waals surface area contributed by atoms with Gasteiger partial charge in [-0.15, -0.1) is 24.8 Å². The van der Waals surface area contributed by atoms with E-state index in [4.69, 9.17) is 82.5 Å². The Labute approximate surface area is 558 Å². The fourth-order valence-corrected chi connectivity index (χ4v) is 9.74. The van der Waals surface area contributed by atoms with Gasteiger partial charge < -0.3 is 50.5 Å². The number of hydrogen-bond acceptors (Lipinski definition) is 18. The first kappa shape index (κ1) is 76.5. The molecule has 0 radical (unpaired) electrons. The molecule has 4 aromatic carbocycles. The van der Waals surface area contributed by atoms with E-state index >= 15 is 0 Å². The zero-order valence-electron chi connectivity index (χ0n) is 51.6. The van der Waals surface area contributed by atoms with Crippen molar-refractivity contribution in [1.29, 1.82) is 37.1 Å². The lowest BCUT2D eigenvalue weighted by Gasteiger charge is -2.29. The number of benzene rings is 4. The Balaban J connectivity index is 0.000000253. The summed E-state index contributed by atoms with van der Waals surface area (Å²) in [6.07, 6.45) is 18.5. The Morgan fingerprint density at radius 2 is 0.649 bits per heavy atom. The number of hydrogen-bond donors (Lipinski definition) is 7. The highest BCUT2D eigenvalue weighted by atomic mass is 35.5. The Morgan fingerprint density at radius 3 is 0.947 bits per heavy atom. The van der Waals surface area contributed by atoms with Gasteiger partial charge in [0.2, 0.25) is 0 Å². The quantitative estimate of drug-likeness (QED) is 0.0441. The second-order valence-electron chi connectivity index (χ2n) is 21.9. The maximum Gasteiger partial charge on any atom is 0.141 e. The first-order valence-corrected chi connectivity index (χ1v) is 30.2. The van der Waals surface area contributed by atoms with Crippen LogP contribution in [0.4, 0.5) is 8.78 Å². The molecular weight excluding hydrogens is 1250 g/mol. The molecule has 9 N–H and O–H groups in total. The van der Waals surface area contributed by atoms with E-state index in [1.807, 2.05) is 48.5 Å². The number of ether oxygens (including phenoxy) is 5. The lowest BCUT2D eigenvalue weighted by molar-refractivity contribution is 0.0541. The van der Waals surface area contributed by atoms with Crippen LogP contribution < -0.4 is 35.2 Å². The predicted octanol–water partition coefficient (Wildman–Crippen LogP) is 12.2. The number of rotatable bonds is 12. The summed E-state index contributed by atoms with van der Waals surface area (Å²) in [6, 6.07) is 46.3. The van der Waals surface area contributed by atoms with Crippen LogP contribution in [0.3, 0.4) is 0 Å². The van der Waals surface area contributed by atoms with Crippen molar-refractivity contribution >= 4 is 36.5 Å². The molecule has 4 fully saturated rings. The highest BCUT2D eigenvalue weighted by molar-refractivity contribution is 5.95. The van der Waals surface area contributed by atoms with Crippen LogP contribution in [0.25, 0.3) is 0 Å². The third-order valence-corrected chi connectivity index (χ3v) is 14.9. The summed E-state index contributed by atoms with van der Waals surface area (Å²) in [6.45, 7) is 0. The van der Waals surface area contributed by atoms with E-state index in [2.05, 4.69) is 27.1 Å². The fourth-order valence-electron chi connectivity index (χ4n) is 9.74. The minimum Gasteiger partial charge on any atom is -0.490 e. The maximum absolute atomic E-state index is 12.1. The van der Waals surface area contributed by atoms with Crippen LogP contribution >= 0.6 is 24.8 Å². The van der Waals surface area contributed by atoms with Crippen molar-refractivity contribution in [2.45, 2.75) is 152 Å². The van der Waals surface area contributed by atoms with Crippen LogP contribution in [0, 0.1) is 79.1 Å². The Bertz CT molecular complexity index is 3380. The van der Waals surface area contributed by atoms with Gasteiger partial charge in [-0.1, -0.05) is 0 Å². The van der Waals surface area contributed by atoms with Crippen LogP contribution in [0.15, 0.2) is 152 Å². The van der Waals surface area contributed by atoms with Gasteiger partial charge in [-0.3, -0.25) is 10.8 Å². The standard InChI is InChI=1S/C19H23N5O2.C19H17N3O2.C13H15NO2.C7H4FN.C6H3FN2.C6H12O2.2ClH/c20-18(21)12-1-3-13(4-2-12)25-14-5-7-15(8-6-14)26-16-9-10-17(19(22)23)24-11-16;20-11-14-1-4-16(5-2-14)23-17-7-9-18(10-8-17)24-19-6-3-15(12-21)22-13-19;14-9-10-1-5-12(6-2-10)16-13-7-3-11(15)4-8-13;8-7-3-1-6(5-9)2-4-7;7-5-1-2-6(3-8)9-4-5;7-5-1-2-6(8)4-3-5;;/h1-4,9-11,14-15H,5-8H2,(H3,20,21)(H3,22,23);1-6,13,17-18H,7-10H2;1-2,5-6,11,13,15H,3-4,7-8H2;1-4H;1-2,4H;5-8H,1-4H2;2*1H. The normalized spacial score (nSPS) is 19.7. The number of aliphatic hydroxyl groups is 3. The smallest absolute Gasteiger partial charge is 0.141 e. The van der Waals surface area contributed by atoms with Gasteiger partial charge in [0.25, 0.3) is 0 Å². The highest BCUT2D eigenvalue weighted by Crippen LogP contribution is 2.30. The molecule has 0 atom stereocenters. The zero-order valence-corrected chi connectivity index (χ0v) is 53.2. The lowest BCUT2D eigenvalue weighted by Crippen LogP contribution is -2.30. The minimum absolute atomic E-state index is 0. The number of aromatic nitrogens is 3. The van der Waals surface area contributed by atoms with Crippen molar-refractivity contribution in [1.82, 2.24) is 15.0 Å². The van der Waals surface area contributed by atoms with Crippen molar-refractivity contribution in [2.75, 3.05) is 0 Å². The van der Waals surface area contributed by atoms with Crippen LogP contribution in [-0.2, 0) is 0 Å². The average molecular weight is 1320 g/mol. The first-order chi connectivity index (χ1) is 44.5. The van der Waals surface area contributed by atoms with Crippen LogP contribution in [0.5, 0.6) is 28.7 Å². The molecule has 0 spiro atoms. The van der Waals surface area contributed by atoms with E-state index in [0.717, 1.165) is 126 Å². The van der Waals surface area contributed by atoms with E-state index < -0.39 is 5.82 Å². The molecule has 492 valence electrons. The second kappa shape index (κ2) is 41.5. The van der Waals surface area contributed by atoms with Gasteiger partial charge in [-0.2, -0.15) is 26.3 Å². The number of nitrogens with zero attached hydrogens (tertiary/aromatic N) is 8. The van der Waals surface area contributed by atoms with Gasteiger partial charge in [-0.25, -0.2) is 23.7 Å². The summed E-state index contributed by atoms with van der Waals surface area (Å²) >= 11 is 0. The molecule has 3 heterocycles. The lowest BCUT2D eigenvalue weighted by atomic mass is 9.95. The summed E-state index contributed by atoms with van der Waals surface area (Å²) in [7, 11) is 0. The molecule has 4 saturated carbocycles. The molecule has 24 heteroatoms. The largest absolute Gasteiger partial charge is 0.490 e. The molecule has 0 aliphatic heterocycles. The first-order valence-electron chi connectivity index (χ1n) is 30.2. The Morgan fingerprint density at radius 1 is 0.362 bits per heavy atom. The number of nitriles is 5. The van der Waals surface area contributed by atoms with Crippen molar-refractivity contribution in [2.24, 2.45) is 11.5 Å². The van der Waals surface area contributed by atoms with Crippen LogP contribution in [0.1, 0.15) is 142 Å². The third kappa shape index (κ3) is 28.3. The average Bonchev–Trinajstić information content (AvgIpc) is 1.10. The highest BCUT2D eigenvalue weighted by Gasteiger charge is 2.26. The van der Waals surface area contributed by atoms with Crippen molar-refractivity contribution in [3.8, 4) is 59.1 Å². The summed E-state index contributed by atoms with van der Waals surface area (Å²) in [5.41, 5.74) is 14.4. The minimum atomic E-state index is -0.422. The number of nitrogens with one attached hydrogen (secondary N) is 2. The van der Waals surface area contributed by atoms with E-state index in [1.165, 1.54) is 36.4 Å². The molecule has 11 rings (SSSR count). The maximum atomic E-state index is 12.1. The molecule has 0 amide bonds. The number of pyridine rings is 3. The van der Waals surface area contributed by atoms with Gasteiger partial charge in [0.15, 0.2) is 0 Å². The molecule has 7 aromatic rings. The number of aliphatic hydroxyl groups excluding tert-OH is 3. The van der Waals surface area contributed by atoms with Gasteiger partial charge in [0, 0.05) is 5.56 Å². The molecule has 3 aromatic heterocycles. The van der Waals surface area contributed by atoms with E-state index in [9.17, 15) is 13.9 Å². The topological polar surface area (TPSA) is 364 Å². The molecule has 20 nitrogen and oxygen atoms in total. The molecular formula is C70H76Cl2F2N12O8. The number of nitrogens with two attached hydrogens (primary N) is 2. The number of halogens is 4. The molecule has 94 heavy (non-hydrogen) atoms. The van der Waals surface area contributed by atoms with Gasteiger partial charge >= 0.3 is 0 Å². The summed E-state index contributed by atoms with van der Waals surface area (Å²) in [5, 5.41) is 84.6. The van der Waals surface area contributed by atoms with Crippen molar-refractivity contribution < 1.29 is 47.8 Å². The van der Waals surface area contributed by atoms with E-state index in [-0.39, 0.29) is 96.8 Å². The number of nitrogen functional groups attached to an aromatic ring is 2. The Hall–Kier alpha value is -9.96. The second-order valence-corrected chi connectivity index (χ2v) is 21.9. The molecule has 0 bridgehead atoms. The molecule has 0 saturated heterocycles. The monoisotopic (exact) mass is 1320 g/mol. The molecule has 0 unspecified atom stereocenters. The SMILES string of the molecule is Cl.Cl.N#Cc1ccc(F)cc1.N#Cc1ccc(F)cn1.N#Cc1ccc(OC2CCC(O)CC2)cc1.N#Cc1ccc(OC2CCC(Oc3ccc(C#N)nc3)CC2)cc1.N=C(N)c1ccc(OC2CCC(Oc3ccc(C(=N)N)nc3)CC2)cc1.OC1CCC(O)CC1. The van der Waals surface area contributed by atoms with Crippen molar-refractivity contribution in [3.05, 3.63) is 203 Å². The third-order valence-electron chi connectivity index (χ3n) is 14.9. The molecule has 4 aliphatic carbocycles. The van der Waals surface area contributed by atoms with Gasteiger partial charge in [-0.05, 0) is 236 Å². The molecule has 4 aliphatic rings. The van der Waals surface area contributed by atoms with E-state index in [0.29, 0.717) is 45.1 Å². The van der Waals surface area contributed by atoms with E-state index in [1.54, 1.807) is 79.1 Å².